The van der Waals surface area contributed by atoms with Crippen LogP contribution in [-0.4, -0.2) is 69.0 Å². The van der Waals surface area contributed by atoms with E-state index < -0.39 is 10.2 Å². The Labute approximate surface area is 116 Å². The van der Waals surface area contributed by atoms with E-state index in [1.807, 2.05) is 6.92 Å². The fourth-order valence-electron chi connectivity index (χ4n) is 2.74. The molecule has 0 saturated carbocycles. The Morgan fingerprint density at radius 2 is 1.84 bits per heavy atom. The Morgan fingerprint density at radius 3 is 2.58 bits per heavy atom. The summed E-state index contributed by atoms with van der Waals surface area (Å²) in [5.41, 5.74) is -0.352. The molecule has 2 fully saturated rings. The van der Waals surface area contributed by atoms with Crippen molar-refractivity contribution in [2.24, 2.45) is 0 Å². The zero-order valence-corrected chi connectivity index (χ0v) is 12.7. The second kappa shape index (κ2) is 6.05. The molecule has 112 valence electrons. The maximum absolute atomic E-state index is 12.7. The molecule has 6 nitrogen and oxygen atoms in total. The minimum Gasteiger partial charge on any atom is -0.377 e. The molecule has 0 amide bonds. The molecule has 1 N–H and O–H groups in total. The summed E-state index contributed by atoms with van der Waals surface area (Å²) in [6.45, 7) is 5.83. The molecule has 2 saturated heterocycles. The average Bonchev–Trinajstić information content (AvgIpc) is 2.68. The van der Waals surface area contributed by atoms with E-state index in [0.29, 0.717) is 26.2 Å². The molecule has 0 aromatic carbocycles. The van der Waals surface area contributed by atoms with Gasteiger partial charge in [-0.1, -0.05) is 0 Å². The highest BCUT2D eigenvalue weighted by molar-refractivity contribution is 7.86. The Bertz CT molecular complexity index is 393. The Kier molecular flexibility index (Phi) is 4.84. The summed E-state index contributed by atoms with van der Waals surface area (Å²) in [6, 6.07) is 0. The molecule has 0 bridgehead atoms. The van der Waals surface area contributed by atoms with Gasteiger partial charge < -0.3 is 10.1 Å². The van der Waals surface area contributed by atoms with Gasteiger partial charge in [0.05, 0.1) is 5.60 Å². The summed E-state index contributed by atoms with van der Waals surface area (Å²) in [6.07, 6.45) is 2.64. The molecule has 0 spiro atoms. The highest BCUT2D eigenvalue weighted by Crippen LogP contribution is 2.26. The highest BCUT2D eigenvalue weighted by Gasteiger charge is 2.38. The lowest BCUT2D eigenvalue weighted by atomic mass is 9.96. The van der Waals surface area contributed by atoms with Crippen LogP contribution in [0.2, 0.25) is 0 Å². The first-order valence-electron chi connectivity index (χ1n) is 6.99. The van der Waals surface area contributed by atoms with Crippen LogP contribution in [-0.2, 0) is 14.9 Å². The second-order valence-corrected chi connectivity index (χ2v) is 7.53. The Balaban J connectivity index is 2.09. The van der Waals surface area contributed by atoms with Crippen molar-refractivity contribution in [2.45, 2.75) is 31.8 Å². The third kappa shape index (κ3) is 3.46. The van der Waals surface area contributed by atoms with Crippen LogP contribution in [0.3, 0.4) is 0 Å². The van der Waals surface area contributed by atoms with Gasteiger partial charge in [0.1, 0.15) is 0 Å². The topological polar surface area (TPSA) is 61.9 Å². The van der Waals surface area contributed by atoms with Crippen LogP contribution in [0, 0.1) is 0 Å². The Morgan fingerprint density at radius 1 is 1.11 bits per heavy atom. The third-order valence-electron chi connectivity index (χ3n) is 4.07. The predicted octanol–water partition coefficient (Wildman–Crippen LogP) is 0.0274. The maximum atomic E-state index is 12.7. The zero-order valence-electron chi connectivity index (χ0n) is 11.9. The second-order valence-electron chi connectivity index (χ2n) is 5.60. The van der Waals surface area contributed by atoms with Gasteiger partial charge in [0, 0.05) is 39.8 Å². The van der Waals surface area contributed by atoms with Crippen molar-refractivity contribution < 1.29 is 13.2 Å². The quantitative estimate of drug-likeness (QED) is 0.797. The van der Waals surface area contributed by atoms with Crippen LogP contribution in [0.5, 0.6) is 0 Å². The minimum atomic E-state index is -3.34. The van der Waals surface area contributed by atoms with Gasteiger partial charge in [-0.25, -0.2) is 0 Å². The van der Waals surface area contributed by atoms with Crippen molar-refractivity contribution in [3.8, 4) is 0 Å². The lowest BCUT2D eigenvalue weighted by Crippen LogP contribution is -2.54. The minimum absolute atomic E-state index is 0.352. The number of rotatable bonds is 3. The third-order valence-corrected chi connectivity index (χ3v) is 6.05. The van der Waals surface area contributed by atoms with Gasteiger partial charge in [-0.2, -0.15) is 17.0 Å². The van der Waals surface area contributed by atoms with Gasteiger partial charge in [-0.15, -0.1) is 0 Å². The first kappa shape index (κ1) is 15.2. The number of hydrogen-bond acceptors (Lipinski definition) is 4. The van der Waals surface area contributed by atoms with E-state index in [2.05, 4.69) is 5.32 Å². The molecule has 2 heterocycles. The van der Waals surface area contributed by atoms with Crippen molar-refractivity contribution in [1.29, 1.82) is 0 Å². The number of ether oxygens (including phenoxy) is 1. The zero-order chi connectivity index (χ0) is 13.9. The van der Waals surface area contributed by atoms with Gasteiger partial charge in [-0.05, 0) is 32.7 Å². The summed E-state index contributed by atoms with van der Waals surface area (Å²) >= 11 is 0. The Hall–Kier alpha value is -0.210. The fraction of sp³-hybridized carbons (Fsp3) is 1.00. The first-order chi connectivity index (χ1) is 8.98. The van der Waals surface area contributed by atoms with E-state index in [4.69, 9.17) is 4.74 Å². The lowest BCUT2D eigenvalue weighted by molar-refractivity contribution is -0.0329. The average molecular weight is 291 g/mol. The highest BCUT2D eigenvalue weighted by atomic mass is 32.2. The van der Waals surface area contributed by atoms with E-state index >= 15 is 0 Å². The molecular formula is C12H25N3O3S. The molecule has 7 heteroatoms. The van der Waals surface area contributed by atoms with Gasteiger partial charge in [0.15, 0.2) is 0 Å². The van der Waals surface area contributed by atoms with E-state index in [9.17, 15) is 8.42 Å². The van der Waals surface area contributed by atoms with Gasteiger partial charge in [-0.3, -0.25) is 0 Å². The monoisotopic (exact) mass is 291 g/mol. The fourth-order valence-corrected chi connectivity index (χ4v) is 4.54. The molecule has 1 unspecified atom stereocenters. The van der Waals surface area contributed by atoms with Crippen LogP contribution in [0.4, 0.5) is 0 Å². The molecule has 2 aliphatic rings. The molecule has 0 aromatic rings. The van der Waals surface area contributed by atoms with Crippen LogP contribution in [0.15, 0.2) is 0 Å². The molecule has 19 heavy (non-hydrogen) atoms. The standard InChI is InChI=1S/C12H25N3O3S/c1-12(18-2)5-3-8-15(11-12)19(16,17)14-9-4-6-13-7-10-14/h13H,3-11H2,1-2H3. The molecule has 2 aliphatic heterocycles. The number of hydrogen-bond donors (Lipinski definition) is 1. The number of nitrogens with one attached hydrogen (secondary N) is 1. The van der Waals surface area contributed by atoms with Gasteiger partial charge >= 0.3 is 0 Å². The van der Waals surface area contributed by atoms with Crippen LogP contribution >= 0.6 is 0 Å². The van der Waals surface area contributed by atoms with Crippen molar-refractivity contribution in [3.63, 3.8) is 0 Å². The normalized spacial score (nSPS) is 32.1. The molecule has 0 aliphatic carbocycles. The van der Waals surface area contributed by atoms with E-state index in [1.54, 1.807) is 15.7 Å². The predicted molar refractivity (Wildman–Crippen MR) is 74.2 cm³/mol. The van der Waals surface area contributed by atoms with E-state index in [0.717, 1.165) is 32.4 Å². The first-order valence-corrected chi connectivity index (χ1v) is 8.39. The largest absolute Gasteiger partial charge is 0.377 e. The van der Waals surface area contributed by atoms with Crippen molar-refractivity contribution in [1.82, 2.24) is 13.9 Å². The number of nitrogens with zero attached hydrogens (tertiary/aromatic N) is 2. The van der Waals surface area contributed by atoms with Crippen LogP contribution < -0.4 is 5.32 Å². The summed E-state index contributed by atoms with van der Waals surface area (Å²) in [4.78, 5) is 0. The van der Waals surface area contributed by atoms with E-state index in [1.165, 1.54) is 0 Å². The summed E-state index contributed by atoms with van der Waals surface area (Å²) in [5.74, 6) is 0. The van der Waals surface area contributed by atoms with Crippen molar-refractivity contribution in [2.75, 3.05) is 46.4 Å². The summed E-state index contributed by atoms with van der Waals surface area (Å²) < 4.78 is 34.0. The SMILES string of the molecule is COC1(C)CCCN(S(=O)(=O)N2CCCNCC2)C1. The smallest absolute Gasteiger partial charge is 0.282 e. The maximum Gasteiger partial charge on any atom is 0.282 e. The van der Waals surface area contributed by atoms with Crippen LogP contribution in [0.25, 0.3) is 0 Å². The van der Waals surface area contributed by atoms with Gasteiger partial charge in [0.2, 0.25) is 0 Å². The molecule has 1 atom stereocenters. The van der Waals surface area contributed by atoms with Crippen LogP contribution in [0.1, 0.15) is 26.2 Å². The molecular weight excluding hydrogens is 266 g/mol. The molecule has 0 aromatic heterocycles. The van der Waals surface area contributed by atoms with Gasteiger partial charge in [0.25, 0.3) is 10.2 Å². The van der Waals surface area contributed by atoms with E-state index in [-0.39, 0.29) is 5.60 Å². The number of piperidine rings is 1. The molecule has 2 rings (SSSR count). The van der Waals surface area contributed by atoms with Crippen molar-refractivity contribution in [3.05, 3.63) is 0 Å². The number of methoxy groups -OCH3 is 1. The molecule has 0 radical (unpaired) electrons. The summed E-state index contributed by atoms with van der Waals surface area (Å²) in [7, 11) is -1.68. The lowest BCUT2D eigenvalue weighted by Gasteiger charge is -2.40. The van der Waals surface area contributed by atoms with Crippen molar-refractivity contribution >= 4 is 10.2 Å². The summed E-state index contributed by atoms with van der Waals surface area (Å²) in [5, 5.41) is 3.23.